The first-order valence-corrected chi connectivity index (χ1v) is 12.4. The van der Waals surface area contributed by atoms with Crippen LogP contribution in [0.15, 0.2) is 121 Å². The van der Waals surface area contributed by atoms with Crippen LogP contribution in [-0.4, -0.2) is 40.3 Å². The SMILES string of the molecule is N#CC(C1=NC2=NC(C(C#N)c3ccccc3)=NC3=NC(C(C#N)c4ccccc4)=NC(=N1)N23)c1ccccc1. The highest BCUT2D eigenvalue weighted by Gasteiger charge is 2.39. The summed E-state index contributed by atoms with van der Waals surface area (Å²) in [6.07, 6.45) is 0. The van der Waals surface area contributed by atoms with Gasteiger partial charge in [-0.2, -0.15) is 45.7 Å². The summed E-state index contributed by atoms with van der Waals surface area (Å²) in [5.74, 6) is -1.41. The minimum Gasteiger partial charge on any atom is -0.213 e. The van der Waals surface area contributed by atoms with Gasteiger partial charge in [0.05, 0.1) is 18.2 Å². The monoisotopic (exact) mass is 518 g/mol. The van der Waals surface area contributed by atoms with Crippen LogP contribution in [0.25, 0.3) is 0 Å². The third-order valence-corrected chi connectivity index (χ3v) is 6.45. The maximum absolute atomic E-state index is 10.1. The maximum atomic E-state index is 10.1. The lowest BCUT2D eigenvalue weighted by atomic mass is 9.98. The van der Waals surface area contributed by atoms with Crippen molar-refractivity contribution in [1.29, 1.82) is 15.8 Å². The molecule has 0 radical (unpaired) electrons. The molecule has 3 aromatic carbocycles. The highest BCUT2D eigenvalue weighted by Crippen LogP contribution is 2.29. The molecule has 0 fully saturated rings. The molecule has 0 N–H and O–H groups in total. The highest BCUT2D eigenvalue weighted by atomic mass is 15.5. The lowest BCUT2D eigenvalue weighted by molar-refractivity contribution is 0.813. The molecule has 0 saturated carbocycles. The van der Waals surface area contributed by atoms with E-state index in [4.69, 9.17) is 0 Å². The Morgan fingerprint density at radius 1 is 0.425 bits per heavy atom. The van der Waals surface area contributed by atoms with E-state index in [-0.39, 0.29) is 35.4 Å². The highest BCUT2D eigenvalue weighted by molar-refractivity contribution is 6.32. The van der Waals surface area contributed by atoms with Crippen LogP contribution in [0.2, 0.25) is 0 Å². The van der Waals surface area contributed by atoms with Gasteiger partial charge in [-0.25, -0.2) is 4.90 Å². The van der Waals surface area contributed by atoms with Gasteiger partial charge < -0.3 is 0 Å². The van der Waals surface area contributed by atoms with Gasteiger partial charge in [0.25, 0.3) is 0 Å². The molecule has 3 aliphatic heterocycles. The van der Waals surface area contributed by atoms with Crippen molar-refractivity contribution in [2.45, 2.75) is 17.8 Å². The zero-order valence-corrected chi connectivity index (χ0v) is 20.9. The van der Waals surface area contributed by atoms with E-state index in [9.17, 15) is 15.8 Å². The largest absolute Gasteiger partial charge is 0.243 e. The number of nitriles is 3. The number of rotatable bonds is 6. The summed E-state index contributed by atoms with van der Waals surface area (Å²) in [7, 11) is 0. The third-order valence-electron chi connectivity index (χ3n) is 6.45. The minimum absolute atomic E-state index is 0.145. The predicted molar refractivity (Wildman–Crippen MR) is 151 cm³/mol. The first-order chi connectivity index (χ1) is 19.7. The molecule has 40 heavy (non-hydrogen) atoms. The summed E-state index contributed by atoms with van der Waals surface area (Å²) in [6.45, 7) is 0. The average molecular weight is 519 g/mol. The van der Waals surface area contributed by atoms with E-state index in [1.807, 2.05) is 91.0 Å². The fraction of sp³-hybridized carbons (Fsp3) is 0.100. The Hall–Kier alpha value is -6.05. The molecule has 188 valence electrons. The number of benzene rings is 3. The number of nitrogens with zero attached hydrogens (tertiary/aromatic N) is 10. The predicted octanol–water partition coefficient (Wildman–Crippen LogP) is 4.51. The first-order valence-electron chi connectivity index (χ1n) is 12.4. The summed E-state index contributed by atoms with van der Waals surface area (Å²) in [5.41, 5.74) is 2.12. The summed E-state index contributed by atoms with van der Waals surface area (Å²) in [5, 5.41) is 30.3. The van der Waals surface area contributed by atoms with Crippen molar-refractivity contribution in [2.24, 2.45) is 30.0 Å². The first kappa shape index (κ1) is 24.3. The van der Waals surface area contributed by atoms with E-state index in [2.05, 4.69) is 48.2 Å². The Morgan fingerprint density at radius 2 is 0.700 bits per heavy atom. The molecule has 3 aliphatic rings. The van der Waals surface area contributed by atoms with Gasteiger partial charge in [0, 0.05) is 0 Å². The summed E-state index contributed by atoms with van der Waals surface area (Å²) in [4.78, 5) is 29.2. The molecule has 3 atom stereocenters. The van der Waals surface area contributed by atoms with Crippen LogP contribution in [0.4, 0.5) is 0 Å². The van der Waals surface area contributed by atoms with Crippen LogP contribution in [0.3, 0.4) is 0 Å². The molecule has 10 heteroatoms. The van der Waals surface area contributed by atoms with Crippen molar-refractivity contribution in [1.82, 2.24) is 4.90 Å². The fourth-order valence-corrected chi connectivity index (χ4v) is 4.50. The Labute approximate surface area is 229 Å². The molecule has 10 nitrogen and oxygen atoms in total. The molecule has 3 heterocycles. The second kappa shape index (κ2) is 10.4. The molecular formula is C30H18N10. The molecule has 6 rings (SSSR count). The zero-order chi connectivity index (χ0) is 27.5. The van der Waals surface area contributed by atoms with E-state index in [0.29, 0.717) is 16.7 Å². The van der Waals surface area contributed by atoms with Gasteiger partial charge in [-0.15, -0.1) is 0 Å². The molecule has 3 aromatic rings. The molecule has 0 bridgehead atoms. The summed E-state index contributed by atoms with van der Waals surface area (Å²) < 4.78 is 0. The number of guanidine groups is 3. The maximum Gasteiger partial charge on any atom is 0.243 e. The van der Waals surface area contributed by atoms with Gasteiger partial charge in [0.2, 0.25) is 17.9 Å². The van der Waals surface area contributed by atoms with Gasteiger partial charge in [-0.1, -0.05) is 91.0 Å². The van der Waals surface area contributed by atoms with E-state index in [1.165, 1.54) is 4.90 Å². The van der Waals surface area contributed by atoms with Crippen LogP contribution in [0.5, 0.6) is 0 Å². The Kier molecular flexibility index (Phi) is 6.30. The molecule has 0 amide bonds. The van der Waals surface area contributed by atoms with Crippen molar-refractivity contribution in [3.63, 3.8) is 0 Å². The van der Waals surface area contributed by atoms with Gasteiger partial charge in [-0.05, 0) is 16.7 Å². The van der Waals surface area contributed by atoms with E-state index in [0.717, 1.165) is 0 Å². The van der Waals surface area contributed by atoms with E-state index >= 15 is 0 Å². The lowest BCUT2D eigenvalue weighted by Crippen LogP contribution is -2.49. The molecule has 0 aromatic heterocycles. The van der Waals surface area contributed by atoms with Crippen LogP contribution in [-0.2, 0) is 0 Å². The van der Waals surface area contributed by atoms with Crippen molar-refractivity contribution in [3.8, 4) is 18.2 Å². The fourth-order valence-electron chi connectivity index (χ4n) is 4.50. The molecule has 0 saturated heterocycles. The van der Waals surface area contributed by atoms with Gasteiger partial charge >= 0.3 is 0 Å². The molecule has 0 aliphatic carbocycles. The van der Waals surface area contributed by atoms with Crippen LogP contribution in [0, 0.1) is 34.0 Å². The van der Waals surface area contributed by atoms with Gasteiger partial charge in [-0.3, -0.25) is 0 Å². The second-order valence-corrected chi connectivity index (χ2v) is 8.90. The smallest absolute Gasteiger partial charge is 0.213 e. The molecule has 0 spiro atoms. The molecule has 3 unspecified atom stereocenters. The number of hydrogen-bond acceptors (Lipinski definition) is 10. The van der Waals surface area contributed by atoms with Crippen molar-refractivity contribution < 1.29 is 0 Å². The van der Waals surface area contributed by atoms with Crippen LogP contribution < -0.4 is 0 Å². The van der Waals surface area contributed by atoms with E-state index in [1.54, 1.807) is 0 Å². The van der Waals surface area contributed by atoms with Crippen molar-refractivity contribution in [2.75, 3.05) is 0 Å². The van der Waals surface area contributed by atoms with Gasteiger partial charge in [0.15, 0.2) is 17.5 Å². The summed E-state index contributed by atoms with van der Waals surface area (Å²) >= 11 is 0. The average Bonchev–Trinajstić information content (AvgIpc) is 3.00. The Morgan fingerprint density at radius 3 is 0.950 bits per heavy atom. The van der Waals surface area contributed by atoms with Gasteiger partial charge in [0.1, 0.15) is 17.8 Å². The van der Waals surface area contributed by atoms with Crippen LogP contribution in [0.1, 0.15) is 34.4 Å². The van der Waals surface area contributed by atoms with Crippen molar-refractivity contribution >= 4 is 35.4 Å². The minimum atomic E-state index is -0.802. The molecular weight excluding hydrogens is 500 g/mol. The van der Waals surface area contributed by atoms with E-state index < -0.39 is 17.8 Å². The number of hydrogen-bond donors (Lipinski definition) is 0. The normalized spacial score (nSPS) is 17.5. The zero-order valence-electron chi connectivity index (χ0n) is 20.9. The number of aliphatic imine (C=N–C) groups is 6. The van der Waals surface area contributed by atoms with Crippen LogP contribution >= 0.6 is 0 Å². The summed E-state index contributed by atoms with van der Waals surface area (Å²) in [6, 6.07) is 34.4. The number of amidine groups is 3. The third kappa shape index (κ3) is 4.34. The lowest BCUT2D eigenvalue weighted by Gasteiger charge is -2.32. The van der Waals surface area contributed by atoms with Crippen molar-refractivity contribution in [3.05, 3.63) is 108 Å². The quantitative estimate of drug-likeness (QED) is 0.472. The Balaban J connectivity index is 1.53. The standard InChI is InChI=1S/C30H18N10/c31-16-22(19-10-4-1-5-11-19)25-34-28-36-26(23(17-32)20-12-6-2-7-13-20)38-30-39-27(37-29(35-25)40(28)30)24(18-33)21-14-8-3-9-15-21/h1-15,22-24H. The second-order valence-electron chi connectivity index (χ2n) is 8.90. The topological polar surface area (TPSA) is 149 Å². The Bertz CT molecular complexity index is 1570.